The van der Waals surface area contributed by atoms with E-state index in [1.54, 1.807) is 0 Å². The van der Waals surface area contributed by atoms with E-state index in [1.807, 2.05) is 42.9 Å². The molecule has 0 spiro atoms. The molecule has 3 aromatic heterocycles. The van der Waals surface area contributed by atoms with Gasteiger partial charge in [0.15, 0.2) is 5.65 Å². The van der Waals surface area contributed by atoms with Crippen LogP contribution in [0.4, 0.5) is 5.69 Å². The summed E-state index contributed by atoms with van der Waals surface area (Å²) in [5, 5.41) is 14.8. The number of imidazole rings is 1. The number of benzene rings is 1. The van der Waals surface area contributed by atoms with Crippen molar-refractivity contribution in [2.45, 2.75) is 31.9 Å². The molecule has 0 amide bonds. The maximum absolute atomic E-state index is 9.67. The number of fused-ring (bicyclic) bond motifs is 1. The first-order valence-electron chi connectivity index (χ1n) is 12.8. The fraction of sp³-hybridized carbons (Fsp3) is 0.393. The molecule has 0 bridgehead atoms. The van der Waals surface area contributed by atoms with Crippen LogP contribution >= 0.6 is 0 Å². The molecule has 1 aromatic carbocycles. The highest BCUT2D eigenvalue weighted by Crippen LogP contribution is 2.33. The van der Waals surface area contributed by atoms with Crippen molar-refractivity contribution in [2.24, 2.45) is 0 Å². The molecule has 6 rings (SSSR count). The first-order chi connectivity index (χ1) is 17.8. The summed E-state index contributed by atoms with van der Waals surface area (Å²) in [5.41, 5.74) is 7.23. The summed E-state index contributed by atoms with van der Waals surface area (Å²) in [6.45, 7) is 6.15. The average Bonchev–Trinajstić information content (AvgIpc) is 3.38. The van der Waals surface area contributed by atoms with E-state index in [1.165, 1.54) is 11.3 Å². The van der Waals surface area contributed by atoms with Gasteiger partial charge in [-0.3, -0.25) is 9.88 Å². The first kappa shape index (κ1) is 23.1. The lowest BCUT2D eigenvalue weighted by Crippen LogP contribution is -2.36. The number of likely N-dealkylation sites (tertiary alicyclic amines) is 1. The Morgan fingerprint density at radius 2 is 1.78 bits per heavy atom. The van der Waals surface area contributed by atoms with Crippen LogP contribution in [0.1, 0.15) is 35.6 Å². The van der Waals surface area contributed by atoms with Crippen LogP contribution in [0, 0.1) is 0 Å². The number of pyridine rings is 1. The third-order valence-electron chi connectivity index (χ3n) is 7.37. The molecule has 0 aliphatic carbocycles. The van der Waals surface area contributed by atoms with Crippen molar-refractivity contribution in [3.8, 4) is 11.3 Å². The minimum absolute atomic E-state index is 0.0142. The lowest BCUT2D eigenvalue weighted by atomic mass is 9.94. The summed E-state index contributed by atoms with van der Waals surface area (Å²) in [6, 6.07) is 14.3. The molecular weight excluding hydrogens is 452 g/mol. The number of piperidine rings is 1. The molecule has 2 aliphatic heterocycles. The van der Waals surface area contributed by atoms with Gasteiger partial charge in [-0.2, -0.15) is 5.10 Å². The van der Waals surface area contributed by atoms with Crippen LogP contribution in [0.3, 0.4) is 0 Å². The van der Waals surface area contributed by atoms with Crippen molar-refractivity contribution in [3.05, 3.63) is 77.9 Å². The molecule has 1 N–H and O–H groups in total. The Morgan fingerprint density at radius 3 is 2.56 bits per heavy atom. The zero-order valence-corrected chi connectivity index (χ0v) is 20.5. The van der Waals surface area contributed by atoms with E-state index in [0.29, 0.717) is 19.1 Å². The van der Waals surface area contributed by atoms with Crippen LogP contribution < -0.4 is 4.90 Å². The Balaban J connectivity index is 1.32. The number of morpholine rings is 1. The second kappa shape index (κ2) is 10.3. The molecule has 2 saturated heterocycles. The molecule has 0 radical (unpaired) electrons. The van der Waals surface area contributed by atoms with Gasteiger partial charge in [0.1, 0.15) is 0 Å². The minimum Gasteiger partial charge on any atom is -0.392 e. The quantitative estimate of drug-likeness (QED) is 0.449. The predicted molar refractivity (Wildman–Crippen MR) is 139 cm³/mol. The van der Waals surface area contributed by atoms with Crippen molar-refractivity contribution >= 4 is 11.3 Å². The van der Waals surface area contributed by atoms with E-state index < -0.39 is 0 Å². The highest BCUT2D eigenvalue weighted by atomic mass is 16.5. The van der Waals surface area contributed by atoms with Crippen LogP contribution in [0.25, 0.3) is 16.9 Å². The van der Waals surface area contributed by atoms with Crippen molar-refractivity contribution in [1.82, 2.24) is 24.5 Å². The normalized spacial score (nSPS) is 17.6. The monoisotopic (exact) mass is 484 g/mol. The Bertz CT molecular complexity index is 1310. The van der Waals surface area contributed by atoms with Crippen LogP contribution in [0.2, 0.25) is 0 Å². The van der Waals surface area contributed by atoms with E-state index in [0.717, 1.165) is 73.7 Å². The van der Waals surface area contributed by atoms with Crippen LogP contribution in [-0.4, -0.2) is 69.0 Å². The van der Waals surface area contributed by atoms with Gasteiger partial charge in [-0.05, 0) is 55.3 Å². The zero-order chi connectivity index (χ0) is 24.3. The molecule has 5 heterocycles. The molecule has 8 nitrogen and oxygen atoms in total. The summed E-state index contributed by atoms with van der Waals surface area (Å²) >= 11 is 0. The number of aromatic nitrogens is 4. The Kier molecular flexibility index (Phi) is 6.63. The van der Waals surface area contributed by atoms with Crippen LogP contribution in [0.5, 0.6) is 0 Å². The average molecular weight is 485 g/mol. The summed E-state index contributed by atoms with van der Waals surface area (Å²) in [4.78, 5) is 14.0. The number of ether oxygens (including phenoxy) is 1. The molecule has 8 heteroatoms. The van der Waals surface area contributed by atoms with Gasteiger partial charge in [0, 0.05) is 43.5 Å². The van der Waals surface area contributed by atoms with Crippen molar-refractivity contribution in [2.75, 3.05) is 44.3 Å². The van der Waals surface area contributed by atoms with E-state index >= 15 is 0 Å². The van der Waals surface area contributed by atoms with E-state index in [4.69, 9.17) is 14.8 Å². The zero-order valence-electron chi connectivity index (χ0n) is 20.5. The lowest BCUT2D eigenvalue weighted by Gasteiger charge is -2.32. The van der Waals surface area contributed by atoms with E-state index in [2.05, 4.69) is 37.5 Å². The maximum Gasteiger partial charge on any atom is 0.177 e. The molecule has 36 heavy (non-hydrogen) atoms. The van der Waals surface area contributed by atoms with Gasteiger partial charge in [-0.1, -0.05) is 24.3 Å². The highest BCUT2D eigenvalue weighted by molar-refractivity contribution is 5.75. The minimum atomic E-state index is 0.0142. The lowest BCUT2D eigenvalue weighted by molar-refractivity contribution is 0.123. The molecule has 0 atom stereocenters. The van der Waals surface area contributed by atoms with Crippen molar-refractivity contribution in [1.29, 1.82) is 0 Å². The molecule has 4 aromatic rings. The third kappa shape index (κ3) is 4.72. The highest BCUT2D eigenvalue weighted by Gasteiger charge is 2.26. The Hall–Kier alpha value is -3.33. The van der Waals surface area contributed by atoms with Crippen LogP contribution in [-0.2, 0) is 17.9 Å². The first-order valence-corrected chi connectivity index (χ1v) is 12.8. The number of aliphatic hydroxyl groups is 1. The number of hydrogen-bond acceptors (Lipinski definition) is 7. The number of anilines is 1. The fourth-order valence-corrected chi connectivity index (χ4v) is 5.39. The maximum atomic E-state index is 9.67. The fourth-order valence-electron chi connectivity index (χ4n) is 5.39. The number of nitrogens with zero attached hydrogens (tertiary/aromatic N) is 6. The number of hydrogen-bond donors (Lipinski definition) is 1. The summed E-state index contributed by atoms with van der Waals surface area (Å²) in [5.74, 6) is 0.411. The summed E-state index contributed by atoms with van der Waals surface area (Å²) in [7, 11) is 0. The second-order valence-corrected chi connectivity index (χ2v) is 9.70. The third-order valence-corrected chi connectivity index (χ3v) is 7.37. The standard InChI is InChI=1S/C28H32N6O2/c35-20-21-3-1-5-24(15-21)25-16-26(33-11-13-36-14-12-33)28-30-18-27(34(28)31-25)23-6-9-32(10-7-23)19-22-4-2-8-29-17-22/h1-5,8,15-18,23,35H,6-7,9-14,19-20H2. The second-order valence-electron chi connectivity index (χ2n) is 9.70. The van der Waals surface area contributed by atoms with E-state index in [-0.39, 0.29) is 6.61 Å². The van der Waals surface area contributed by atoms with Gasteiger partial charge >= 0.3 is 0 Å². The molecule has 2 aliphatic rings. The predicted octanol–water partition coefficient (Wildman–Crippen LogP) is 3.50. The Labute approximate surface area is 211 Å². The van der Waals surface area contributed by atoms with Crippen molar-refractivity contribution < 1.29 is 9.84 Å². The largest absolute Gasteiger partial charge is 0.392 e. The van der Waals surface area contributed by atoms with Gasteiger partial charge in [0.2, 0.25) is 0 Å². The van der Waals surface area contributed by atoms with Gasteiger partial charge in [-0.25, -0.2) is 9.50 Å². The molecule has 2 fully saturated rings. The SMILES string of the molecule is OCc1cccc(-c2cc(N3CCOCC3)c3ncc(C4CCN(Cc5cccnc5)CC4)n3n2)c1. The van der Waals surface area contributed by atoms with Gasteiger partial charge < -0.3 is 14.7 Å². The molecule has 0 saturated carbocycles. The molecular formula is C28H32N6O2. The number of aliphatic hydroxyl groups excluding tert-OH is 1. The van der Waals surface area contributed by atoms with Gasteiger partial charge in [0.25, 0.3) is 0 Å². The van der Waals surface area contributed by atoms with Gasteiger partial charge in [-0.15, -0.1) is 0 Å². The van der Waals surface area contributed by atoms with E-state index in [9.17, 15) is 5.11 Å². The smallest absolute Gasteiger partial charge is 0.177 e. The number of rotatable bonds is 6. The summed E-state index contributed by atoms with van der Waals surface area (Å²) in [6.07, 6.45) is 7.97. The van der Waals surface area contributed by atoms with Crippen LogP contribution in [0.15, 0.2) is 61.1 Å². The Morgan fingerprint density at radius 1 is 0.944 bits per heavy atom. The molecule has 0 unspecified atom stereocenters. The topological polar surface area (TPSA) is 79.0 Å². The van der Waals surface area contributed by atoms with Crippen molar-refractivity contribution in [3.63, 3.8) is 0 Å². The summed E-state index contributed by atoms with van der Waals surface area (Å²) < 4.78 is 7.69. The molecule has 186 valence electrons. The van der Waals surface area contributed by atoms with Gasteiger partial charge in [0.05, 0.1) is 43.1 Å².